The van der Waals surface area contributed by atoms with Gasteiger partial charge in [-0.25, -0.2) is 4.98 Å². The van der Waals surface area contributed by atoms with Gasteiger partial charge in [-0.2, -0.15) is 5.10 Å². The Morgan fingerprint density at radius 3 is 2.83 bits per heavy atom. The Hall–Kier alpha value is -3.85. The first kappa shape index (κ1) is 19.5. The maximum Gasteiger partial charge on any atom is 0.247 e. The molecule has 0 unspecified atom stereocenters. The molecule has 0 atom stereocenters. The SMILES string of the molecule is Cc1ccn(CC(=O)Nc2cc(C(=O)c3cn(CCO)c4ccncc34)ccn2)n1. The van der Waals surface area contributed by atoms with Gasteiger partial charge < -0.3 is 15.0 Å². The van der Waals surface area contributed by atoms with Crippen LogP contribution in [0.4, 0.5) is 5.82 Å². The summed E-state index contributed by atoms with van der Waals surface area (Å²) in [5.74, 6) is -0.226. The number of aryl methyl sites for hydroxylation is 1. The van der Waals surface area contributed by atoms with Crippen LogP contribution in [0.15, 0.2) is 55.2 Å². The molecule has 4 rings (SSSR count). The average molecular weight is 404 g/mol. The second-order valence-corrected chi connectivity index (χ2v) is 6.81. The fraction of sp³-hybridized carbons (Fsp3) is 0.190. The number of anilines is 1. The predicted molar refractivity (Wildman–Crippen MR) is 110 cm³/mol. The lowest BCUT2D eigenvalue weighted by atomic mass is 10.0. The number of aromatic nitrogens is 5. The number of ketones is 1. The molecule has 0 bridgehead atoms. The number of aliphatic hydroxyl groups is 1. The number of hydrogen-bond donors (Lipinski definition) is 2. The average Bonchev–Trinajstić information content (AvgIpc) is 3.31. The molecule has 0 aromatic carbocycles. The molecule has 152 valence electrons. The normalized spacial score (nSPS) is 11.0. The fourth-order valence-corrected chi connectivity index (χ4v) is 3.29. The van der Waals surface area contributed by atoms with E-state index in [9.17, 15) is 14.7 Å². The van der Waals surface area contributed by atoms with Crippen molar-refractivity contribution in [1.82, 2.24) is 24.3 Å². The van der Waals surface area contributed by atoms with Gasteiger partial charge in [-0.15, -0.1) is 0 Å². The van der Waals surface area contributed by atoms with E-state index in [2.05, 4.69) is 20.4 Å². The highest BCUT2D eigenvalue weighted by Gasteiger charge is 2.18. The quantitative estimate of drug-likeness (QED) is 0.454. The fourth-order valence-electron chi connectivity index (χ4n) is 3.29. The van der Waals surface area contributed by atoms with Crippen molar-refractivity contribution >= 4 is 28.4 Å². The van der Waals surface area contributed by atoms with Gasteiger partial charge in [0.05, 0.1) is 17.8 Å². The Balaban J connectivity index is 1.57. The van der Waals surface area contributed by atoms with Crippen LogP contribution in [0.2, 0.25) is 0 Å². The zero-order valence-corrected chi connectivity index (χ0v) is 16.3. The number of carbonyl (C=O) groups is 2. The molecule has 0 aliphatic rings. The Kier molecular flexibility index (Phi) is 5.36. The van der Waals surface area contributed by atoms with Crippen molar-refractivity contribution in [3.63, 3.8) is 0 Å². The summed E-state index contributed by atoms with van der Waals surface area (Å²) >= 11 is 0. The van der Waals surface area contributed by atoms with Gasteiger partial charge in [-0.3, -0.25) is 19.3 Å². The minimum atomic E-state index is -0.293. The molecule has 30 heavy (non-hydrogen) atoms. The van der Waals surface area contributed by atoms with Gasteiger partial charge in [0, 0.05) is 54.0 Å². The molecule has 0 saturated carbocycles. The number of rotatable bonds is 7. The Labute approximate surface area is 172 Å². The van der Waals surface area contributed by atoms with Gasteiger partial charge in [0.2, 0.25) is 5.91 Å². The van der Waals surface area contributed by atoms with Crippen molar-refractivity contribution < 1.29 is 14.7 Å². The first-order valence-electron chi connectivity index (χ1n) is 9.39. The zero-order chi connectivity index (χ0) is 21.1. The van der Waals surface area contributed by atoms with E-state index in [-0.39, 0.29) is 30.7 Å². The second-order valence-electron chi connectivity index (χ2n) is 6.81. The molecule has 4 heterocycles. The van der Waals surface area contributed by atoms with Gasteiger partial charge in [0.15, 0.2) is 5.78 Å². The molecule has 0 radical (unpaired) electrons. The van der Waals surface area contributed by atoms with E-state index < -0.39 is 0 Å². The lowest BCUT2D eigenvalue weighted by molar-refractivity contribution is -0.116. The third-order valence-electron chi connectivity index (χ3n) is 4.64. The minimum Gasteiger partial charge on any atom is -0.395 e. The Morgan fingerprint density at radius 2 is 2.07 bits per heavy atom. The molecule has 0 fully saturated rings. The lowest BCUT2D eigenvalue weighted by Crippen LogP contribution is -2.20. The Morgan fingerprint density at radius 1 is 1.20 bits per heavy atom. The number of fused-ring (bicyclic) bond motifs is 1. The summed E-state index contributed by atoms with van der Waals surface area (Å²) in [4.78, 5) is 33.7. The summed E-state index contributed by atoms with van der Waals surface area (Å²) < 4.78 is 3.35. The highest BCUT2D eigenvalue weighted by Crippen LogP contribution is 2.23. The molecule has 0 aliphatic carbocycles. The van der Waals surface area contributed by atoms with Crippen molar-refractivity contribution in [3.05, 3.63) is 72.1 Å². The molecular formula is C21H20N6O3. The van der Waals surface area contributed by atoms with E-state index in [1.54, 1.807) is 43.0 Å². The maximum atomic E-state index is 13.2. The van der Waals surface area contributed by atoms with Gasteiger partial charge in [-0.05, 0) is 31.2 Å². The smallest absolute Gasteiger partial charge is 0.247 e. The third-order valence-corrected chi connectivity index (χ3v) is 4.64. The molecule has 9 nitrogen and oxygen atoms in total. The summed E-state index contributed by atoms with van der Waals surface area (Å²) in [6.07, 6.45) is 8.19. The summed E-state index contributed by atoms with van der Waals surface area (Å²) in [5, 5.41) is 16.9. The van der Waals surface area contributed by atoms with Crippen LogP contribution >= 0.6 is 0 Å². The molecular weight excluding hydrogens is 384 g/mol. The number of pyridine rings is 2. The van der Waals surface area contributed by atoms with Crippen LogP contribution in [-0.2, 0) is 17.9 Å². The van der Waals surface area contributed by atoms with Crippen LogP contribution in [0.25, 0.3) is 10.9 Å². The molecule has 4 aromatic heterocycles. The monoisotopic (exact) mass is 404 g/mol. The van der Waals surface area contributed by atoms with E-state index >= 15 is 0 Å². The summed E-state index contributed by atoms with van der Waals surface area (Å²) in [7, 11) is 0. The number of nitrogens with one attached hydrogen (secondary N) is 1. The Bertz CT molecular complexity index is 1230. The van der Waals surface area contributed by atoms with Crippen molar-refractivity contribution in [3.8, 4) is 0 Å². The van der Waals surface area contributed by atoms with Gasteiger partial charge in [-0.1, -0.05) is 0 Å². The summed E-state index contributed by atoms with van der Waals surface area (Å²) in [6, 6.07) is 6.75. The summed E-state index contributed by atoms with van der Waals surface area (Å²) in [6.45, 7) is 2.23. The van der Waals surface area contributed by atoms with Crippen molar-refractivity contribution in [2.45, 2.75) is 20.0 Å². The largest absolute Gasteiger partial charge is 0.395 e. The van der Waals surface area contributed by atoms with Crippen LogP contribution in [0.3, 0.4) is 0 Å². The first-order chi connectivity index (χ1) is 14.5. The number of amides is 1. The van der Waals surface area contributed by atoms with Gasteiger partial charge in [0.25, 0.3) is 0 Å². The molecule has 0 spiro atoms. The van der Waals surface area contributed by atoms with Crippen LogP contribution in [0, 0.1) is 6.92 Å². The van der Waals surface area contributed by atoms with Crippen LogP contribution < -0.4 is 5.32 Å². The minimum absolute atomic E-state index is 0.0407. The highest BCUT2D eigenvalue weighted by atomic mass is 16.3. The number of carbonyl (C=O) groups excluding carboxylic acids is 2. The van der Waals surface area contributed by atoms with Crippen LogP contribution in [0.5, 0.6) is 0 Å². The third kappa shape index (κ3) is 3.96. The number of hydrogen-bond acceptors (Lipinski definition) is 6. The van der Waals surface area contributed by atoms with E-state index in [1.807, 2.05) is 17.6 Å². The molecule has 1 amide bonds. The van der Waals surface area contributed by atoms with Crippen LogP contribution in [0.1, 0.15) is 21.6 Å². The van der Waals surface area contributed by atoms with E-state index in [0.717, 1.165) is 11.2 Å². The van der Waals surface area contributed by atoms with Crippen molar-refractivity contribution in [2.24, 2.45) is 0 Å². The predicted octanol–water partition coefficient (Wildman–Crippen LogP) is 1.80. The molecule has 0 aliphatic heterocycles. The maximum absolute atomic E-state index is 13.2. The second kappa shape index (κ2) is 8.26. The molecule has 2 N–H and O–H groups in total. The summed E-state index contributed by atoms with van der Waals surface area (Å²) in [5.41, 5.74) is 2.51. The zero-order valence-electron chi connectivity index (χ0n) is 16.3. The number of nitrogens with zero attached hydrogens (tertiary/aromatic N) is 5. The van der Waals surface area contributed by atoms with E-state index in [4.69, 9.17) is 0 Å². The van der Waals surface area contributed by atoms with Gasteiger partial charge >= 0.3 is 0 Å². The van der Waals surface area contributed by atoms with Crippen molar-refractivity contribution in [1.29, 1.82) is 0 Å². The van der Waals surface area contributed by atoms with Gasteiger partial charge in [0.1, 0.15) is 12.4 Å². The van der Waals surface area contributed by atoms with Crippen molar-refractivity contribution in [2.75, 3.05) is 11.9 Å². The van der Waals surface area contributed by atoms with Crippen LogP contribution in [-0.4, -0.2) is 47.7 Å². The molecule has 9 heteroatoms. The topological polar surface area (TPSA) is 115 Å². The molecule has 0 saturated heterocycles. The van der Waals surface area contributed by atoms with E-state index in [0.29, 0.717) is 23.1 Å². The van der Waals surface area contributed by atoms with E-state index in [1.165, 1.54) is 10.9 Å². The first-order valence-corrected chi connectivity index (χ1v) is 9.39. The highest BCUT2D eigenvalue weighted by molar-refractivity contribution is 6.16. The standard InChI is InChI=1S/C21H20N6O3/c1-14-4-7-27(25-14)13-20(29)24-19-10-15(2-6-23-19)21(30)17-12-26(8-9-28)18-3-5-22-11-16(17)18/h2-7,10-12,28H,8-9,13H2,1H3,(H,23,24,29). The molecule has 4 aromatic rings. The lowest BCUT2D eigenvalue weighted by Gasteiger charge is -2.06. The number of aliphatic hydroxyl groups excluding tert-OH is 1.